The zero-order valence-corrected chi connectivity index (χ0v) is 63.8. The average Bonchev–Trinajstić information content (AvgIpc) is 1.61. The smallest absolute Gasteiger partial charge is 0.409 e. The van der Waals surface area contributed by atoms with Gasteiger partial charge in [0.05, 0.1) is 39.6 Å². The normalized spacial score (nSPS) is 34.9. The summed E-state index contributed by atoms with van der Waals surface area (Å²) in [6.45, 7) is 16.8. The number of nitrogens with zero attached hydrogens (tertiary/aromatic N) is 8. The molecule has 8 N–H and O–H groups in total. The Bertz CT molecular complexity index is 3740. The predicted octanol–water partition coefficient (Wildman–Crippen LogP) is 9.20. The van der Waals surface area contributed by atoms with Gasteiger partial charge in [-0.05, 0) is 194 Å². The van der Waals surface area contributed by atoms with E-state index in [2.05, 4.69) is 41.3 Å². The van der Waals surface area contributed by atoms with E-state index in [4.69, 9.17) is 46.6 Å². The molecular formula is C82H112F8N12O8. The maximum Gasteiger partial charge on any atom is 0.409 e. The number of rotatable bonds is 10. The van der Waals surface area contributed by atoms with E-state index in [1.54, 1.807) is 0 Å². The number of carbonyl (C=O) groups excluding carboxylic acids is 3. The summed E-state index contributed by atoms with van der Waals surface area (Å²) in [5.74, 6) is -0.830. The van der Waals surface area contributed by atoms with E-state index in [0.29, 0.717) is 81.4 Å². The van der Waals surface area contributed by atoms with Crippen LogP contribution in [0.3, 0.4) is 0 Å². The lowest BCUT2D eigenvalue weighted by molar-refractivity contribution is -0.139. The van der Waals surface area contributed by atoms with Gasteiger partial charge < -0.3 is 66.2 Å². The first kappa shape index (κ1) is 80.6. The zero-order chi connectivity index (χ0) is 77.5. The highest BCUT2D eigenvalue weighted by Crippen LogP contribution is 2.44. The van der Waals surface area contributed by atoms with E-state index in [0.717, 1.165) is 184 Å². The number of hydrogen-bond donors (Lipinski definition) is 4. The summed E-state index contributed by atoms with van der Waals surface area (Å²) in [5.41, 5.74) is 26.1. The third-order valence-electron chi connectivity index (χ3n) is 26.4. The fraction of sp³-hybridized carbons (Fsp3) is 0.671. The lowest BCUT2D eigenvalue weighted by Crippen LogP contribution is -2.51. The quantitative estimate of drug-likeness (QED) is 0.109. The van der Waals surface area contributed by atoms with E-state index < -0.39 is 89.1 Å². The Kier molecular flexibility index (Phi) is 25.6. The Labute approximate surface area is 641 Å². The van der Waals surface area contributed by atoms with Gasteiger partial charge in [0.15, 0.2) is 0 Å². The largest absolute Gasteiger partial charge is 0.453 e. The molecule has 3 amide bonds. The van der Waals surface area contributed by atoms with Crippen LogP contribution >= 0.6 is 0 Å². The highest BCUT2D eigenvalue weighted by molar-refractivity contribution is 5.81. The Morgan fingerprint density at radius 2 is 0.718 bits per heavy atom. The third kappa shape index (κ3) is 17.8. The maximum absolute atomic E-state index is 14.2. The van der Waals surface area contributed by atoms with Crippen LogP contribution in [0.25, 0.3) is 0 Å². The van der Waals surface area contributed by atoms with Crippen molar-refractivity contribution in [1.82, 2.24) is 39.2 Å². The number of halogens is 8. The number of nitrogens with two attached hydrogens (primary N) is 4. The molecule has 20 nitrogen and oxygen atoms in total. The molecule has 0 spiro atoms. The van der Waals surface area contributed by atoms with Gasteiger partial charge in [0, 0.05) is 173 Å². The first-order chi connectivity index (χ1) is 52.9. The summed E-state index contributed by atoms with van der Waals surface area (Å²) in [5, 5.41) is 0. The lowest BCUT2D eigenvalue weighted by Gasteiger charge is -2.39. The number of benzene rings is 4. The minimum Gasteiger partial charge on any atom is -0.453 e. The van der Waals surface area contributed by atoms with Crippen molar-refractivity contribution < 1.29 is 73.2 Å². The highest BCUT2D eigenvalue weighted by Gasteiger charge is 2.51. The second-order valence-corrected chi connectivity index (χ2v) is 33.9. The van der Waals surface area contributed by atoms with Crippen LogP contribution in [0.4, 0.5) is 39.9 Å². The number of piperidine rings is 3. The second kappa shape index (κ2) is 35.0. The molecule has 13 aliphatic rings. The van der Waals surface area contributed by atoms with Crippen molar-refractivity contribution in [2.24, 2.45) is 58.4 Å². The number of fused-ring (bicyclic) bond motifs is 4. The summed E-state index contributed by atoms with van der Waals surface area (Å²) in [7, 11) is 3.61. The fourth-order valence-electron chi connectivity index (χ4n) is 20.4. The Morgan fingerprint density at radius 1 is 0.409 bits per heavy atom. The molecule has 0 aromatic heterocycles. The lowest BCUT2D eigenvalue weighted by atomic mass is 9.91. The van der Waals surface area contributed by atoms with Crippen LogP contribution in [0.1, 0.15) is 144 Å². The monoisotopic (exact) mass is 1540 g/mol. The van der Waals surface area contributed by atoms with Crippen molar-refractivity contribution in [1.29, 1.82) is 0 Å². The van der Waals surface area contributed by atoms with Gasteiger partial charge in [0.25, 0.3) is 0 Å². The van der Waals surface area contributed by atoms with Crippen LogP contribution in [0.2, 0.25) is 0 Å². The van der Waals surface area contributed by atoms with Crippen LogP contribution < -0.4 is 22.9 Å². The molecule has 12 heterocycles. The number of likely N-dealkylation sites (N-methyl/N-ethyl adjacent to an activating group) is 1. The Balaban J connectivity index is 0.000000123. The van der Waals surface area contributed by atoms with Crippen molar-refractivity contribution in [3.05, 3.63) is 142 Å². The summed E-state index contributed by atoms with van der Waals surface area (Å²) in [6.07, 6.45) is 9.82. The number of amides is 3. The summed E-state index contributed by atoms with van der Waals surface area (Å²) in [6, 6.07) is 14.1. The summed E-state index contributed by atoms with van der Waals surface area (Å²) >= 11 is 0. The molecule has 12 saturated heterocycles. The highest BCUT2D eigenvalue weighted by atomic mass is 19.2. The molecule has 110 heavy (non-hydrogen) atoms. The van der Waals surface area contributed by atoms with Gasteiger partial charge in [-0.2, -0.15) is 0 Å². The second-order valence-electron chi connectivity index (χ2n) is 33.9. The number of methoxy groups -OCH3 is 1. The topological polar surface area (TPSA) is 227 Å². The van der Waals surface area contributed by atoms with Crippen LogP contribution in [0.15, 0.2) is 72.8 Å². The fourth-order valence-corrected chi connectivity index (χ4v) is 20.4. The predicted molar refractivity (Wildman–Crippen MR) is 396 cm³/mol. The van der Waals surface area contributed by atoms with E-state index in [-0.39, 0.29) is 88.4 Å². The van der Waals surface area contributed by atoms with Gasteiger partial charge in [-0.25, -0.2) is 39.9 Å². The first-order valence-corrected chi connectivity index (χ1v) is 40.3. The molecule has 0 radical (unpaired) electrons. The van der Waals surface area contributed by atoms with Crippen LogP contribution in [0, 0.1) is 82.0 Å². The van der Waals surface area contributed by atoms with Gasteiger partial charge >= 0.3 is 6.09 Å². The van der Waals surface area contributed by atoms with Gasteiger partial charge in [0.2, 0.25) is 11.8 Å². The van der Waals surface area contributed by atoms with Crippen LogP contribution in [-0.2, 0) is 33.3 Å². The zero-order valence-electron chi connectivity index (χ0n) is 63.8. The molecule has 17 rings (SSSR count). The number of hydrogen-bond acceptors (Lipinski definition) is 17. The van der Waals surface area contributed by atoms with E-state index >= 15 is 0 Å². The first-order valence-electron chi connectivity index (χ1n) is 40.3. The molecule has 13 fully saturated rings. The van der Waals surface area contributed by atoms with E-state index in [1.807, 2.05) is 18.7 Å². The molecule has 1 aliphatic carbocycles. The summed E-state index contributed by atoms with van der Waals surface area (Å²) in [4.78, 5) is 55.5. The molecule has 20 atom stereocenters. The van der Waals surface area contributed by atoms with Crippen LogP contribution in [0.5, 0.6) is 0 Å². The summed E-state index contributed by atoms with van der Waals surface area (Å²) < 4.78 is 139. The molecule has 0 bridgehead atoms. The van der Waals surface area contributed by atoms with Crippen molar-refractivity contribution in [3.63, 3.8) is 0 Å². The minimum absolute atomic E-state index is 0.0103. The molecule has 604 valence electrons. The third-order valence-corrected chi connectivity index (χ3v) is 26.4. The number of ether oxygens (including phenoxy) is 5. The minimum atomic E-state index is -0.650. The van der Waals surface area contributed by atoms with Gasteiger partial charge in [0.1, 0.15) is 71.0 Å². The van der Waals surface area contributed by atoms with E-state index in [9.17, 15) is 49.5 Å². The molecule has 4 aromatic carbocycles. The standard InChI is InChI=1S/C22H29F2N3O2.C22H31F2N3O2.C20H27F2N3O3.C18H25F2N3O/c23-15-5-6-18(24)17(8-15)21-19(25)9-16(12-29-21)26-10-14-2-1-7-27(20(14)11-26)22(28)13-3-4-13;1-13(2)22(28)27-7-3-4-14-10-26(11-20(14)27)16-9-19(25)21(29-12-16)17-8-15(23)5-6-18(17)24;1-27-20(26)25-6-2-3-12-9-24(10-18(12)25)14-8-17(23)19(28-11-14)15-7-13(21)4-5-16(15)22;1-22-5-4-11-8-23(9-17(11)22)13-7-16(21)18(24-10-13)14-6-12(19)2-3-15(14)20/h5-6,8,13-14,16,19-21H,1-4,7,9-12,25H2;5-6,8,13-14,16,19-21H,3-4,7,9-12,25H2,1-2H3;4-5,7,12,14,17-19H,2-3,6,8-11,23H2,1H3;2-3,6,11,13,16-18H,4-5,7-10,21H2,1H3/t2*14?,16-,19+,20?,21-;12?,14-,17+,18?,19-;11?,13-,16+,17?,18-/m1111/s1. The molecule has 8 unspecified atom stereocenters. The van der Waals surface area contributed by atoms with Crippen molar-refractivity contribution >= 4 is 17.9 Å². The maximum atomic E-state index is 14.2. The van der Waals surface area contributed by atoms with Crippen LogP contribution in [-0.4, -0.2) is 249 Å². The van der Waals surface area contributed by atoms with Gasteiger partial charge in [-0.15, -0.1) is 0 Å². The Morgan fingerprint density at radius 3 is 1.04 bits per heavy atom. The van der Waals surface area contributed by atoms with E-state index in [1.165, 1.54) is 44.3 Å². The molecule has 12 aliphatic heterocycles. The SMILES string of the molecule is CC(C)C(=O)N1CCCC2CN([C@H]3CO[C@H](c4cc(F)ccc4F)[C@@H](N)C3)CC21.CN1CCC2CN([C@H]3CO[C@H](c4cc(F)ccc4F)[C@@H](N)C3)CC21.COC(=O)N1CCCC2CN([C@H]3CO[C@H](c4cc(F)ccc4F)[C@@H](N)C3)CC21.N[C@H]1C[C@@H](N2CC3CCCN(C(=O)C4CC4)C3C2)CO[C@@H]1c1cc(F)ccc1F. The molecule has 1 saturated carbocycles. The van der Waals surface area contributed by atoms with Crippen molar-refractivity contribution in [2.45, 2.75) is 194 Å². The number of likely N-dealkylation sites (tertiary alicyclic amines) is 8. The molecule has 4 aromatic rings. The van der Waals surface area contributed by atoms with Crippen molar-refractivity contribution in [3.8, 4) is 0 Å². The van der Waals surface area contributed by atoms with Crippen molar-refractivity contribution in [2.75, 3.05) is 119 Å². The average molecular weight is 1550 g/mol. The number of carbonyl (C=O) groups is 3. The molecular weight excluding hydrogens is 1430 g/mol. The molecule has 28 heteroatoms. The Hall–Kier alpha value is -5.99. The van der Waals surface area contributed by atoms with Gasteiger partial charge in [-0.3, -0.25) is 29.2 Å². The van der Waals surface area contributed by atoms with Gasteiger partial charge in [-0.1, -0.05) is 13.8 Å².